The molecule has 2 saturated heterocycles. The molecule has 5 rings (SSSR count). The molecule has 11 heteroatoms. The molecule has 0 aliphatic carbocycles. The van der Waals surface area contributed by atoms with E-state index in [4.69, 9.17) is 25.2 Å². The third-order valence-corrected chi connectivity index (χ3v) is 6.36. The number of nitrogens with one attached hydrogen (secondary N) is 3. The number of aromatic amines is 1. The molecule has 3 aromatic rings. The number of hydrogen-bond donors (Lipinski definition) is 4. The van der Waals surface area contributed by atoms with E-state index in [9.17, 15) is 9.18 Å². The van der Waals surface area contributed by atoms with Crippen molar-refractivity contribution in [3.8, 4) is 22.6 Å². The third-order valence-electron chi connectivity index (χ3n) is 6.36. The number of anilines is 1. The van der Waals surface area contributed by atoms with Gasteiger partial charge in [-0.05, 0) is 63.2 Å². The molecule has 1 aromatic carbocycles. The number of amides is 1. The number of ether oxygens (including phenoxy) is 2. The second kappa shape index (κ2) is 9.68. The fourth-order valence-corrected chi connectivity index (χ4v) is 4.22. The number of H-pyrrole nitrogens is 1. The summed E-state index contributed by atoms with van der Waals surface area (Å²) in [7, 11) is 0. The maximum absolute atomic E-state index is 13.6. The second-order valence-corrected chi connectivity index (χ2v) is 8.92. The lowest BCUT2D eigenvalue weighted by Crippen LogP contribution is -2.44. The maximum Gasteiger partial charge on any atom is 0.225 e. The van der Waals surface area contributed by atoms with Crippen molar-refractivity contribution in [1.29, 1.82) is 0 Å². The van der Waals surface area contributed by atoms with Crippen LogP contribution < -0.4 is 16.4 Å². The first-order valence-electron chi connectivity index (χ1n) is 11.7. The van der Waals surface area contributed by atoms with Crippen LogP contribution in [0.5, 0.6) is 0 Å². The number of primary amides is 1. The molecule has 4 heterocycles. The molecule has 35 heavy (non-hydrogen) atoms. The van der Waals surface area contributed by atoms with Crippen LogP contribution in [-0.2, 0) is 20.1 Å². The van der Waals surface area contributed by atoms with E-state index in [0.29, 0.717) is 40.5 Å². The van der Waals surface area contributed by atoms with E-state index in [1.807, 2.05) is 0 Å². The van der Waals surface area contributed by atoms with Crippen molar-refractivity contribution < 1.29 is 18.7 Å². The first-order valence-corrected chi connectivity index (χ1v) is 11.7. The van der Waals surface area contributed by atoms with Crippen molar-refractivity contribution in [2.75, 3.05) is 31.6 Å². The van der Waals surface area contributed by atoms with Crippen molar-refractivity contribution >= 4 is 11.9 Å². The minimum Gasteiger partial charge on any atom is -0.369 e. The molecule has 2 aliphatic rings. The van der Waals surface area contributed by atoms with Crippen molar-refractivity contribution in [3.05, 3.63) is 48.2 Å². The fraction of sp³-hybridized carbons (Fsp3) is 0.417. The molecule has 2 aliphatic heterocycles. The van der Waals surface area contributed by atoms with Gasteiger partial charge in [0.15, 0.2) is 5.82 Å². The minimum absolute atomic E-state index is 0.117. The number of rotatable bonds is 6. The standard InChI is InChI=1S/C24H28FN7O3/c1-24(34-12-15(13-35-24)21(26)33)22-31-19(14-2-4-16(25)5-3-14)20(32-22)18-8-11-28-23(30-18)29-17-6-9-27-10-7-17/h2-5,8,11,15,17,27H,6-7,9-10,12-13H2,1H3,(H2,26,33)(H,31,32)(H,28,29,30). The average Bonchev–Trinajstić information content (AvgIpc) is 3.32. The number of nitrogens with two attached hydrogens (primary N) is 1. The summed E-state index contributed by atoms with van der Waals surface area (Å²) < 4.78 is 25.4. The summed E-state index contributed by atoms with van der Waals surface area (Å²) in [4.78, 5) is 28.7. The predicted molar refractivity (Wildman–Crippen MR) is 126 cm³/mol. The van der Waals surface area contributed by atoms with Gasteiger partial charge < -0.3 is 30.8 Å². The Morgan fingerprint density at radius 3 is 2.54 bits per heavy atom. The number of nitrogens with zero attached hydrogens (tertiary/aromatic N) is 3. The summed E-state index contributed by atoms with van der Waals surface area (Å²) in [5, 5.41) is 6.76. The molecule has 184 valence electrons. The van der Waals surface area contributed by atoms with E-state index in [-0.39, 0.29) is 19.0 Å². The Morgan fingerprint density at radius 1 is 1.14 bits per heavy atom. The maximum atomic E-state index is 13.6. The van der Waals surface area contributed by atoms with Crippen molar-refractivity contribution in [3.63, 3.8) is 0 Å². The van der Waals surface area contributed by atoms with Gasteiger partial charge in [-0.3, -0.25) is 4.79 Å². The lowest BCUT2D eigenvalue weighted by Gasteiger charge is -2.35. The highest BCUT2D eigenvalue weighted by atomic mass is 19.1. The lowest BCUT2D eigenvalue weighted by molar-refractivity contribution is -0.281. The van der Waals surface area contributed by atoms with Crippen LogP contribution in [0.3, 0.4) is 0 Å². The van der Waals surface area contributed by atoms with Crippen LogP contribution in [-0.4, -0.2) is 58.2 Å². The van der Waals surface area contributed by atoms with E-state index >= 15 is 0 Å². The zero-order valence-corrected chi connectivity index (χ0v) is 19.4. The van der Waals surface area contributed by atoms with Gasteiger partial charge in [0.05, 0.1) is 36.2 Å². The Labute approximate surface area is 201 Å². The van der Waals surface area contributed by atoms with Gasteiger partial charge in [0.2, 0.25) is 17.6 Å². The first kappa shape index (κ1) is 23.3. The molecule has 10 nitrogen and oxygen atoms in total. The van der Waals surface area contributed by atoms with Crippen molar-refractivity contribution in [2.24, 2.45) is 11.7 Å². The van der Waals surface area contributed by atoms with E-state index in [0.717, 1.165) is 25.9 Å². The second-order valence-electron chi connectivity index (χ2n) is 8.92. The van der Waals surface area contributed by atoms with Gasteiger partial charge in [0.1, 0.15) is 5.82 Å². The number of imidazole rings is 1. The number of aromatic nitrogens is 4. The van der Waals surface area contributed by atoms with Crippen LogP contribution in [0.15, 0.2) is 36.5 Å². The van der Waals surface area contributed by atoms with Crippen LogP contribution >= 0.6 is 0 Å². The van der Waals surface area contributed by atoms with Crippen LogP contribution in [0.4, 0.5) is 10.3 Å². The van der Waals surface area contributed by atoms with E-state index in [2.05, 4.69) is 20.6 Å². The summed E-state index contributed by atoms with van der Waals surface area (Å²) >= 11 is 0. The van der Waals surface area contributed by atoms with Gasteiger partial charge in [0, 0.05) is 17.8 Å². The molecule has 0 spiro atoms. The molecule has 0 bridgehead atoms. The Morgan fingerprint density at radius 2 is 1.86 bits per heavy atom. The van der Waals surface area contributed by atoms with Gasteiger partial charge in [-0.15, -0.1) is 0 Å². The fourth-order valence-electron chi connectivity index (χ4n) is 4.22. The molecule has 1 amide bonds. The number of benzene rings is 1. The number of halogens is 1. The predicted octanol–water partition coefficient (Wildman–Crippen LogP) is 2.16. The number of hydrogen-bond acceptors (Lipinski definition) is 8. The normalized spacial score (nSPS) is 23.2. The third kappa shape index (κ3) is 5.02. The first-order chi connectivity index (χ1) is 16.9. The highest BCUT2D eigenvalue weighted by molar-refractivity contribution is 5.78. The molecule has 0 saturated carbocycles. The highest BCUT2D eigenvalue weighted by Gasteiger charge is 2.40. The molecule has 2 fully saturated rings. The van der Waals surface area contributed by atoms with Crippen molar-refractivity contribution in [2.45, 2.75) is 31.6 Å². The Hall–Kier alpha value is -3.41. The van der Waals surface area contributed by atoms with E-state index in [1.165, 1.54) is 12.1 Å². The Bertz CT molecular complexity index is 1190. The van der Waals surface area contributed by atoms with Crippen LogP contribution in [0.2, 0.25) is 0 Å². The zero-order valence-electron chi connectivity index (χ0n) is 19.4. The smallest absolute Gasteiger partial charge is 0.225 e. The lowest BCUT2D eigenvalue weighted by atomic mass is 10.1. The zero-order chi connectivity index (χ0) is 24.4. The monoisotopic (exact) mass is 481 g/mol. The minimum atomic E-state index is -1.22. The van der Waals surface area contributed by atoms with Crippen LogP contribution in [0.25, 0.3) is 22.6 Å². The topological polar surface area (TPSA) is 140 Å². The summed E-state index contributed by atoms with van der Waals surface area (Å²) in [6.45, 7) is 3.86. The molecular weight excluding hydrogens is 453 g/mol. The molecule has 2 aromatic heterocycles. The number of carbonyl (C=O) groups excluding carboxylic acids is 1. The Kier molecular flexibility index (Phi) is 6.46. The largest absolute Gasteiger partial charge is 0.369 e. The van der Waals surface area contributed by atoms with Gasteiger partial charge in [0.25, 0.3) is 0 Å². The molecule has 0 atom stereocenters. The average molecular weight is 482 g/mol. The van der Waals surface area contributed by atoms with Crippen molar-refractivity contribution in [1.82, 2.24) is 25.3 Å². The number of piperidine rings is 1. The molecule has 0 unspecified atom stereocenters. The van der Waals surface area contributed by atoms with E-state index < -0.39 is 17.6 Å². The van der Waals surface area contributed by atoms with Gasteiger partial charge in [-0.1, -0.05) is 0 Å². The van der Waals surface area contributed by atoms with Crippen LogP contribution in [0.1, 0.15) is 25.6 Å². The summed E-state index contributed by atoms with van der Waals surface area (Å²) in [6.07, 6.45) is 3.66. The molecule has 5 N–H and O–H groups in total. The highest BCUT2D eigenvalue weighted by Crippen LogP contribution is 2.36. The molecule has 0 radical (unpaired) electrons. The summed E-state index contributed by atoms with van der Waals surface area (Å²) in [5.41, 5.74) is 7.89. The van der Waals surface area contributed by atoms with Crippen LogP contribution in [0, 0.1) is 11.7 Å². The Balaban J connectivity index is 1.50. The number of carbonyl (C=O) groups is 1. The van der Waals surface area contributed by atoms with Gasteiger partial charge in [-0.2, -0.15) is 0 Å². The SMILES string of the molecule is CC1(c2nc(-c3ccc(F)cc3)c(-c3ccnc(NC4CCNCC4)n3)[nH]2)OCC(C(N)=O)CO1. The molecular formula is C24H28FN7O3. The van der Waals surface area contributed by atoms with Gasteiger partial charge >= 0.3 is 0 Å². The summed E-state index contributed by atoms with van der Waals surface area (Å²) in [6, 6.07) is 8.15. The summed E-state index contributed by atoms with van der Waals surface area (Å²) in [5.74, 6) is -1.64. The van der Waals surface area contributed by atoms with E-state index in [1.54, 1.807) is 31.3 Å². The quantitative estimate of drug-likeness (QED) is 0.420. The van der Waals surface area contributed by atoms with Gasteiger partial charge in [-0.25, -0.2) is 19.3 Å².